The van der Waals surface area contributed by atoms with Crippen LogP contribution in [0, 0.1) is 0 Å². The average Bonchev–Trinajstić information content (AvgIpc) is 2.66. The van der Waals surface area contributed by atoms with E-state index in [2.05, 4.69) is 24.2 Å². The Hall–Kier alpha value is -0.610. The Labute approximate surface area is 94.6 Å². The number of nitrogens with zero attached hydrogens (tertiary/aromatic N) is 3. The molecule has 1 aliphatic rings. The monoisotopic (exact) mass is 229 g/mol. The van der Waals surface area contributed by atoms with E-state index in [9.17, 15) is 0 Å². The molecule has 15 heavy (non-hydrogen) atoms. The largest absolute Gasteiger partial charge is 0.372 e. The van der Waals surface area contributed by atoms with E-state index in [-0.39, 0.29) is 11.5 Å². The highest BCUT2D eigenvalue weighted by Crippen LogP contribution is 2.29. The topological polar surface area (TPSA) is 39.9 Å². The molecule has 0 saturated carbocycles. The molecule has 4 nitrogen and oxygen atoms in total. The number of rotatable bonds is 2. The van der Waals surface area contributed by atoms with Gasteiger partial charge in [0.1, 0.15) is 11.8 Å². The van der Waals surface area contributed by atoms with Crippen molar-refractivity contribution < 1.29 is 4.74 Å². The molecule has 0 N–H and O–H groups in total. The number of halogens is 1. The van der Waals surface area contributed by atoms with Crippen LogP contribution in [-0.4, -0.2) is 27.0 Å². The van der Waals surface area contributed by atoms with Gasteiger partial charge in [0.05, 0.1) is 6.20 Å². The van der Waals surface area contributed by atoms with Crippen LogP contribution in [-0.2, 0) is 4.74 Å². The maximum atomic E-state index is 6.10. The lowest BCUT2D eigenvalue weighted by Crippen LogP contribution is -2.20. The molecule has 1 aliphatic heterocycles. The molecule has 2 atom stereocenters. The second-order valence-electron chi connectivity index (χ2n) is 4.20. The van der Waals surface area contributed by atoms with E-state index in [4.69, 9.17) is 16.3 Å². The van der Waals surface area contributed by atoms with Crippen LogP contribution >= 0.6 is 11.6 Å². The van der Waals surface area contributed by atoms with E-state index in [0.717, 1.165) is 18.5 Å². The highest BCUT2D eigenvalue weighted by molar-refractivity contribution is 6.20. The first-order chi connectivity index (χ1) is 7.16. The van der Waals surface area contributed by atoms with Crippen LogP contribution in [0.3, 0.4) is 0 Å². The molecule has 0 bridgehead atoms. The van der Waals surface area contributed by atoms with E-state index in [0.29, 0.717) is 12.6 Å². The van der Waals surface area contributed by atoms with Crippen molar-refractivity contribution in [2.45, 2.75) is 44.2 Å². The van der Waals surface area contributed by atoms with Crippen LogP contribution in [0.5, 0.6) is 0 Å². The lowest BCUT2D eigenvalue weighted by Gasteiger charge is -2.24. The first kappa shape index (κ1) is 10.9. The fourth-order valence-electron chi connectivity index (χ4n) is 1.65. The number of hydrogen-bond donors (Lipinski definition) is 0. The van der Waals surface area contributed by atoms with Gasteiger partial charge in [0.2, 0.25) is 0 Å². The summed E-state index contributed by atoms with van der Waals surface area (Å²) >= 11 is 6.10. The van der Waals surface area contributed by atoms with Gasteiger partial charge >= 0.3 is 0 Å². The number of aromatic nitrogens is 3. The van der Waals surface area contributed by atoms with Gasteiger partial charge in [-0.15, -0.1) is 16.7 Å². The van der Waals surface area contributed by atoms with Crippen molar-refractivity contribution in [2.24, 2.45) is 0 Å². The molecule has 0 aliphatic carbocycles. The normalized spacial score (nSPS) is 27.2. The molecular formula is C10H16ClN3O. The van der Waals surface area contributed by atoms with E-state index < -0.39 is 0 Å². The van der Waals surface area contributed by atoms with Crippen molar-refractivity contribution in [2.75, 3.05) is 6.61 Å². The van der Waals surface area contributed by atoms with Crippen LogP contribution in [0.4, 0.5) is 0 Å². The number of alkyl halides is 1. The van der Waals surface area contributed by atoms with E-state index in [1.165, 1.54) is 0 Å². The molecule has 1 aromatic heterocycles. The number of hydrogen-bond acceptors (Lipinski definition) is 3. The summed E-state index contributed by atoms with van der Waals surface area (Å²) in [6, 6.07) is 0.335. The first-order valence-corrected chi connectivity index (χ1v) is 5.78. The minimum Gasteiger partial charge on any atom is -0.372 e. The Morgan fingerprint density at radius 1 is 1.60 bits per heavy atom. The van der Waals surface area contributed by atoms with Crippen molar-refractivity contribution in [3.05, 3.63) is 11.9 Å². The minimum absolute atomic E-state index is 0.0220. The van der Waals surface area contributed by atoms with Crippen molar-refractivity contribution in [3.63, 3.8) is 0 Å². The smallest absolute Gasteiger partial charge is 0.112 e. The molecule has 1 aromatic rings. The summed E-state index contributed by atoms with van der Waals surface area (Å²) in [6.45, 7) is 4.86. The highest BCUT2D eigenvalue weighted by atomic mass is 35.5. The molecule has 2 unspecified atom stereocenters. The summed E-state index contributed by atoms with van der Waals surface area (Å²) in [4.78, 5) is 0. The highest BCUT2D eigenvalue weighted by Gasteiger charge is 2.24. The van der Waals surface area contributed by atoms with Gasteiger partial charge in [-0.3, -0.25) is 0 Å². The zero-order valence-corrected chi connectivity index (χ0v) is 9.81. The van der Waals surface area contributed by atoms with Crippen molar-refractivity contribution in [1.82, 2.24) is 15.0 Å². The quantitative estimate of drug-likeness (QED) is 0.731. The summed E-state index contributed by atoms with van der Waals surface area (Å²) in [5, 5.41) is 8.39. The van der Waals surface area contributed by atoms with Crippen LogP contribution < -0.4 is 0 Å². The van der Waals surface area contributed by atoms with Gasteiger partial charge in [0, 0.05) is 18.0 Å². The summed E-state index contributed by atoms with van der Waals surface area (Å²) < 4.78 is 7.47. The third-order valence-corrected chi connectivity index (χ3v) is 3.00. The van der Waals surface area contributed by atoms with Gasteiger partial charge in [-0.05, 0) is 26.7 Å². The van der Waals surface area contributed by atoms with Gasteiger partial charge < -0.3 is 4.74 Å². The van der Waals surface area contributed by atoms with Crippen LogP contribution in [0.15, 0.2) is 6.20 Å². The lowest BCUT2D eigenvalue weighted by atomic mass is 10.1. The Bertz CT molecular complexity index is 326. The summed E-state index contributed by atoms with van der Waals surface area (Å²) in [6.07, 6.45) is 3.73. The summed E-state index contributed by atoms with van der Waals surface area (Å²) in [5.41, 5.74) is 0.897. The molecule has 84 valence electrons. The Morgan fingerprint density at radius 3 is 3.00 bits per heavy atom. The number of ether oxygens (including phenoxy) is 1. The Morgan fingerprint density at radius 2 is 2.40 bits per heavy atom. The van der Waals surface area contributed by atoms with E-state index in [1.807, 2.05) is 10.9 Å². The molecule has 5 heteroatoms. The molecule has 1 fully saturated rings. The minimum atomic E-state index is 0.0220. The van der Waals surface area contributed by atoms with Gasteiger partial charge in [-0.1, -0.05) is 5.21 Å². The molecule has 2 heterocycles. The Balaban J connectivity index is 2.08. The van der Waals surface area contributed by atoms with Crippen LogP contribution in [0.2, 0.25) is 0 Å². The van der Waals surface area contributed by atoms with E-state index in [1.54, 1.807) is 0 Å². The first-order valence-electron chi connectivity index (χ1n) is 5.34. The fourth-order valence-corrected chi connectivity index (χ4v) is 1.90. The van der Waals surface area contributed by atoms with Gasteiger partial charge in [0.15, 0.2) is 0 Å². The SMILES string of the molecule is CC(C)n1cc(C2CC(Cl)CCO2)nn1. The fraction of sp³-hybridized carbons (Fsp3) is 0.800. The van der Waals surface area contributed by atoms with Crippen molar-refractivity contribution in [3.8, 4) is 0 Å². The van der Waals surface area contributed by atoms with Crippen molar-refractivity contribution >= 4 is 11.6 Å². The van der Waals surface area contributed by atoms with Gasteiger partial charge in [-0.2, -0.15) is 0 Å². The average molecular weight is 230 g/mol. The zero-order chi connectivity index (χ0) is 10.8. The third-order valence-electron chi connectivity index (χ3n) is 2.61. The predicted molar refractivity (Wildman–Crippen MR) is 58.0 cm³/mol. The molecule has 2 rings (SSSR count). The van der Waals surface area contributed by atoms with Crippen LogP contribution in [0.25, 0.3) is 0 Å². The molecule has 0 amide bonds. The standard InChI is InChI=1S/C10H16ClN3O/c1-7(2)14-6-9(12-13-14)10-5-8(11)3-4-15-10/h6-8,10H,3-5H2,1-2H3. The molecule has 0 aromatic carbocycles. The Kier molecular flexibility index (Phi) is 3.26. The van der Waals surface area contributed by atoms with Crippen molar-refractivity contribution in [1.29, 1.82) is 0 Å². The van der Waals surface area contributed by atoms with E-state index >= 15 is 0 Å². The van der Waals surface area contributed by atoms with Gasteiger partial charge in [0.25, 0.3) is 0 Å². The molecule has 0 spiro atoms. The third kappa shape index (κ3) is 2.49. The van der Waals surface area contributed by atoms with Crippen LogP contribution in [0.1, 0.15) is 44.5 Å². The molecule has 0 radical (unpaired) electrons. The van der Waals surface area contributed by atoms with Gasteiger partial charge in [-0.25, -0.2) is 4.68 Å². The summed E-state index contributed by atoms with van der Waals surface area (Å²) in [5.74, 6) is 0. The maximum absolute atomic E-state index is 6.10. The second-order valence-corrected chi connectivity index (χ2v) is 4.82. The zero-order valence-electron chi connectivity index (χ0n) is 9.06. The predicted octanol–water partition coefficient (Wildman–Crippen LogP) is 2.32. The lowest BCUT2D eigenvalue weighted by molar-refractivity contribution is 0.0141. The molecular weight excluding hydrogens is 214 g/mol. The second kappa shape index (κ2) is 4.49. The molecule has 1 saturated heterocycles. The summed E-state index contributed by atoms with van der Waals surface area (Å²) in [7, 11) is 0. The maximum Gasteiger partial charge on any atom is 0.112 e.